The molecule has 1 atom stereocenters. The Kier molecular flexibility index (Phi) is 5.83. The Morgan fingerprint density at radius 3 is 2.38 bits per heavy atom. The van der Waals surface area contributed by atoms with Crippen LogP contribution in [0.25, 0.3) is 0 Å². The van der Waals surface area contributed by atoms with Gasteiger partial charge in [-0.05, 0) is 39.5 Å². The van der Waals surface area contributed by atoms with Gasteiger partial charge in [-0.1, -0.05) is 6.92 Å². The number of piperazine rings is 1. The van der Waals surface area contributed by atoms with E-state index in [1.807, 2.05) is 11.8 Å². The van der Waals surface area contributed by atoms with E-state index in [2.05, 4.69) is 23.6 Å². The zero-order chi connectivity index (χ0) is 17.2. The number of ether oxygens (including phenoxy) is 1. The first-order valence-corrected chi connectivity index (χ1v) is 9.93. The highest BCUT2D eigenvalue weighted by atomic mass is 16.5. The van der Waals surface area contributed by atoms with Gasteiger partial charge < -0.3 is 9.64 Å². The molecular weight excluding hydrogens is 302 g/mol. The summed E-state index contributed by atoms with van der Waals surface area (Å²) < 4.78 is 6.27. The number of carbonyl (C=O) groups excluding carboxylic acids is 1. The van der Waals surface area contributed by atoms with Crippen molar-refractivity contribution in [1.82, 2.24) is 14.7 Å². The van der Waals surface area contributed by atoms with Crippen molar-refractivity contribution >= 4 is 5.91 Å². The van der Waals surface area contributed by atoms with Crippen molar-refractivity contribution in [2.24, 2.45) is 0 Å². The summed E-state index contributed by atoms with van der Waals surface area (Å²) in [6.45, 7) is 14.0. The molecule has 3 aliphatic rings. The number of rotatable bonds is 3. The fourth-order valence-electron chi connectivity index (χ4n) is 4.67. The molecule has 24 heavy (non-hydrogen) atoms. The molecule has 0 aromatic heterocycles. The van der Waals surface area contributed by atoms with Gasteiger partial charge in [-0.25, -0.2) is 0 Å². The number of carbonyl (C=O) groups is 1. The van der Waals surface area contributed by atoms with Gasteiger partial charge in [0.25, 0.3) is 0 Å². The minimum absolute atomic E-state index is 0.0304. The van der Waals surface area contributed by atoms with Gasteiger partial charge >= 0.3 is 0 Å². The van der Waals surface area contributed by atoms with Gasteiger partial charge in [0.1, 0.15) is 0 Å². The zero-order valence-corrected chi connectivity index (χ0v) is 15.8. The van der Waals surface area contributed by atoms with Crippen LogP contribution in [-0.2, 0) is 9.53 Å². The van der Waals surface area contributed by atoms with Crippen molar-refractivity contribution < 1.29 is 9.53 Å². The second-order valence-electron chi connectivity index (χ2n) is 8.08. The summed E-state index contributed by atoms with van der Waals surface area (Å²) in [6.07, 6.45) is 4.98. The van der Waals surface area contributed by atoms with Crippen LogP contribution in [0.5, 0.6) is 0 Å². The van der Waals surface area contributed by atoms with E-state index in [0.717, 1.165) is 39.0 Å². The molecule has 3 saturated heterocycles. The molecule has 0 aromatic carbocycles. The molecule has 3 heterocycles. The van der Waals surface area contributed by atoms with Crippen LogP contribution in [0.1, 0.15) is 52.9 Å². The molecule has 0 unspecified atom stereocenters. The van der Waals surface area contributed by atoms with E-state index >= 15 is 0 Å². The van der Waals surface area contributed by atoms with E-state index in [1.165, 1.54) is 32.6 Å². The molecule has 1 amide bonds. The number of amides is 1. The van der Waals surface area contributed by atoms with E-state index in [4.69, 9.17) is 4.74 Å². The standard InChI is InChI=1S/C19H35N3O2/c1-4-18(23)22-8-6-19(7-9-22)15-17(5-14-24-19)21-12-10-20(11-13-21)16(2)3/h16-17H,4-15H2,1-3H3/t17-/m1/s1. The van der Waals surface area contributed by atoms with E-state index < -0.39 is 0 Å². The van der Waals surface area contributed by atoms with Gasteiger partial charge in [-0.2, -0.15) is 0 Å². The zero-order valence-electron chi connectivity index (χ0n) is 15.8. The highest BCUT2D eigenvalue weighted by Crippen LogP contribution is 2.37. The second kappa shape index (κ2) is 7.71. The summed E-state index contributed by atoms with van der Waals surface area (Å²) in [4.78, 5) is 19.2. The summed E-state index contributed by atoms with van der Waals surface area (Å²) in [5.74, 6) is 0.294. The van der Waals surface area contributed by atoms with Crippen LogP contribution in [0.15, 0.2) is 0 Å². The van der Waals surface area contributed by atoms with Crippen molar-refractivity contribution in [2.75, 3.05) is 45.9 Å². The number of nitrogens with zero attached hydrogens (tertiary/aromatic N) is 3. The lowest BCUT2D eigenvalue weighted by atomic mass is 9.81. The fraction of sp³-hybridized carbons (Fsp3) is 0.947. The van der Waals surface area contributed by atoms with Crippen LogP contribution in [0.2, 0.25) is 0 Å². The van der Waals surface area contributed by atoms with Crippen molar-refractivity contribution in [3.05, 3.63) is 0 Å². The number of hydrogen-bond donors (Lipinski definition) is 0. The smallest absolute Gasteiger partial charge is 0.222 e. The van der Waals surface area contributed by atoms with Crippen LogP contribution in [0.3, 0.4) is 0 Å². The first-order valence-electron chi connectivity index (χ1n) is 9.93. The predicted octanol–water partition coefficient (Wildman–Crippen LogP) is 1.96. The quantitative estimate of drug-likeness (QED) is 0.789. The Hall–Kier alpha value is -0.650. The number of hydrogen-bond acceptors (Lipinski definition) is 4. The number of likely N-dealkylation sites (tertiary alicyclic amines) is 1. The minimum Gasteiger partial charge on any atom is -0.375 e. The average molecular weight is 338 g/mol. The Labute approximate surface area is 147 Å². The van der Waals surface area contributed by atoms with Gasteiger partial charge in [0.05, 0.1) is 5.60 Å². The van der Waals surface area contributed by atoms with Crippen molar-refractivity contribution in [2.45, 2.75) is 70.6 Å². The van der Waals surface area contributed by atoms with Gasteiger partial charge in [0, 0.05) is 64.4 Å². The molecule has 1 spiro atoms. The fourth-order valence-corrected chi connectivity index (χ4v) is 4.67. The molecule has 3 rings (SSSR count). The normalized spacial score (nSPS) is 29.3. The lowest BCUT2D eigenvalue weighted by Gasteiger charge is -2.50. The maximum atomic E-state index is 11.9. The highest BCUT2D eigenvalue weighted by Gasteiger charge is 2.42. The van der Waals surface area contributed by atoms with Crippen LogP contribution < -0.4 is 0 Å². The maximum absolute atomic E-state index is 11.9. The number of piperidine rings is 1. The molecule has 3 fully saturated rings. The largest absolute Gasteiger partial charge is 0.375 e. The van der Waals surface area contributed by atoms with Crippen LogP contribution >= 0.6 is 0 Å². The Morgan fingerprint density at radius 2 is 1.79 bits per heavy atom. The van der Waals surface area contributed by atoms with E-state index in [9.17, 15) is 4.79 Å². The van der Waals surface area contributed by atoms with Gasteiger partial charge in [-0.15, -0.1) is 0 Å². The Bertz CT molecular complexity index is 424. The SMILES string of the molecule is CCC(=O)N1CCC2(CC1)C[C@H](N1CCN(C(C)C)CC1)CCO2. The third kappa shape index (κ3) is 3.94. The van der Waals surface area contributed by atoms with E-state index in [0.29, 0.717) is 24.4 Å². The van der Waals surface area contributed by atoms with Crippen LogP contribution in [0.4, 0.5) is 0 Å². The molecule has 0 bridgehead atoms. The van der Waals surface area contributed by atoms with E-state index in [1.54, 1.807) is 0 Å². The molecule has 5 heteroatoms. The lowest BCUT2D eigenvalue weighted by Crippen LogP contribution is -2.58. The van der Waals surface area contributed by atoms with Crippen LogP contribution in [0, 0.1) is 0 Å². The molecule has 0 N–H and O–H groups in total. The molecule has 3 aliphatic heterocycles. The highest BCUT2D eigenvalue weighted by molar-refractivity contribution is 5.75. The molecule has 5 nitrogen and oxygen atoms in total. The third-order valence-corrected chi connectivity index (χ3v) is 6.39. The third-order valence-electron chi connectivity index (χ3n) is 6.39. The molecule has 0 aromatic rings. The topological polar surface area (TPSA) is 36.0 Å². The molecule has 0 aliphatic carbocycles. The molecule has 0 saturated carbocycles. The van der Waals surface area contributed by atoms with Crippen molar-refractivity contribution in [3.63, 3.8) is 0 Å². The maximum Gasteiger partial charge on any atom is 0.222 e. The van der Waals surface area contributed by atoms with Gasteiger partial charge in [-0.3, -0.25) is 14.6 Å². The summed E-state index contributed by atoms with van der Waals surface area (Å²) in [5.41, 5.74) is 0.0304. The Balaban J connectivity index is 1.53. The summed E-state index contributed by atoms with van der Waals surface area (Å²) in [5, 5.41) is 0. The molecular formula is C19H35N3O2. The van der Waals surface area contributed by atoms with Crippen molar-refractivity contribution in [3.8, 4) is 0 Å². The Morgan fingerprint density at radius 1 is 1.12 bits per heavy atom. The monoisotopic (exact) mass is 337 g/mol. The predicted molar refractivity (Wildman–Crippen MR) is 96.1 cm³/mol. The average Bonchev–Trinajstić information content (AvgIpc) is 2.62. The van der Waals surface area contributed by atoms with Crippen molar-refractivity contribution in [1.29, 1.82) is 0 Å². The summed E-state index contributed by atoms with van der Waals surface area (Å²) in [6, 6.07) is 1.33. The van der Waals surface area contributed by atoms with Gasteiger partial charge in [0.15, 0.2) is 0 Å². The summed E-state index contributed by atoms with van der Waals surface area (Å²) >= 11 is 0. The van der Waals surface area contributed by atoms with Crippen LogP contribution in [-0.4, -0.2) is 84.2 Å². The van der Waals surface area contributed by atoms with Gasteiger partial charge in [0.2, 0.25) is 5.91 Å². The lowest BCUT2D eigenvalue weighted by molar-refractivity contribution is -0.150. The minimum atomic E-state index is 0.0304. The first kappa shape index (κ1) is 18.2. The summed E-state index contributed by atoms with van der Waals surface area (Å²) in [7, 11) is 0. The second-order valence-corrected chi connectivity index (χ2v) is 8.08. The molecule has 0 radical (unpaired) electrons. The van der Waals surface area contributed by atoms with E-state index in [-0.39, 0.29) is 5.60 Å². The molecule has 138 valence electrons. The first-order chi connectivity index (χ1) is 11.5.